The van der Waals surface area contributed by atoms with Crippen molar-refractivity contribution in [3.05, 3.63) is 35.5 Å². The van der Waals surface area contributed by atoms with Crippen molar-refractivity contribution in [2.45, 2.75) is 25.4 Å². The Kier molecular flexibility index (Phi) is 5.90. The van der Waals surface area contributed by atoms with Crippen molar-refractivity contribution in [3.8, 4) is 0 Å². The number of fused-ring (bicyclic) bond motifs is 1. The van der Waals surface area contributed by atoms with Crippen LogP contribution in [0, 0.1) is 11.6 Å². The van der Waals surface area contributed by atoms with Crippen LogP contribution in [0.4, 0.5) is 13.6 Å². The quantitative estimate of drug-likeness (QED) is 0.715. The molecule has 0 spiro atoms. The number of amides is 2. The zero-order valence-corrected chi connectivity index (χ0v) is 14.6. The topological polar surface area (TPSA) is 94.7 Å². The normalized spacial score (nSPS) is 15.3. The number of carbonyl (C=O) groups excluding carboxylic acids is 1. The van der Waals surface area contributed by atoms with Gasteiger partial charge in [0.15, 0.2) is 0 Å². The summed E-state index contributed by atoms with van der Waals surface area (Å²) in [6.45, 7) is 0.953. The highest BCUT2D eigenvalue weighted by Gasteiger charge is 2.23. The highest BCUT2D eigenvalue weighted by atomic mass is 19.1. The first kappa shape index (κ1) is 19.1. The zero-order chi connectivity index (χ0) is 19.4. The largest absolute Gasteiger partial charge is 0.480 e. The van der Waals surface area contributed by atoms with Crippen LogP contribution >= 0.6 is 0 Å². The summed E-state index contributed by atoms with van der Waals surface area (Å²) in [6, 6.07) is 1.85. The van der Waals surface area contributed by atoms with Crippen molar-refractivity contribution in [1.29, 1.82) is 0 Å². The summed E-state index contributed by atoms with van der Waals surface area (Å²) >= 11 is 0. The summed E-state index contributed by atoms with van der Waals surface area (Å²) in [5.74, 6) is -2.28. The van der Waals surface area contributed by atoms with Crippen LogP contribution in [0.15, 0.2) is 18.3 Å². The van der Waals surface area contributed by atoms with E-state index in [2.05, 4.69) is 10.3 Å². The van der Waals surface area contributed by atoms with Crippen LogP contribution in [0.2, 0.25) is 0 Å². The number of H-pyrrole nitrogens is 1. The molecule has 27 heavy (non-hydrogen) atoms. The maximum atomic E-state index is 14.0. The second-order valence-electron chi connectivity index (χ2n) is 6.50. The van der Waals surface area contributed by atoms with Crippen molar-refractivity contribution in [2.24, 2.45) is 0 Å². The van der Waals surface area contributed by atoms with Gasteiger partial charge in [0.1, 0.15) is 18.2 Å². The molecule has 2 aromatic rings. The third-order valence-electron chi connectivity index (χ3n) is 4.62. The molecule has 0 bridgehead atoms. The molecule has 0 atom stereocenters. The fourth-order valence-corrected chi connectivity index (χ4v) is 3.28. The first-order chi connectivity index (χ1) is 12.9. The average Bonchev–Trinajstić information content (AvgIpc) is 3.03. The lowest BCUT2D eigenvalue weighted by Gasteiger charge is -2.31. The SMILES string of the molecule is O=C(O)COC1CCN(C(=O)NCCc2c[nH]c3cc(F)cc(F)c23)CC1. The number of carboxylic acid groups (broad SMARTS) is 1. The third-order valence-corrected chi connectivity index (χ3v) is 4.62. The number of rotatable bonds is 6. The number of aromatic nitrogens is 1. The predicted molar refractivity (Wildman–Crippen MR) is 93.5 cm³/mol. The van der Waals surface area contributed by atoms with Crippen LogP contribution < -0.4 is 5.32 Å². The highest BCUT2D eigenvalue weighted by Crippen LogP contribution is 2.23. The monoisotopic (exact) mass is 381 g/mol. The Morgan fingerprint density at radius 3 is 2.74 bits per heavy atom. The Bertz CT molecular complexity index is 831. The van der Waals surface area contributed by atoms with Gasteiger partial charge in [-0.3, -0.25) is 0 Å². The molecular weight excluding hydrogens is 360 g/mol. The second-order valence-corrected chi connectivity index (χ2v) is 6.50. The van der Waals surface area contributed by atoms with Gasteiger partial charge in [0.25, 0.3) is 0 Å². The van der Waals surface area contributed by atoms with E-state index in [-0.39, 0.29) is 18.7 Å². The van der Waals surface area contributed by atoms with Crippen molar-refractivity contribution in [3.63, 3.8) is 0 Å². The van der Waals surface area contributed by atoms with Crippen LogP contribution in [0.3, 0.4) is 0 Å². The summed E-state index contributed by atoms with van der Waals surface area (Å²) in [5, 5.41) is 11.7. The average molecular weight is 381 g/mol. The predicted octanol–water partition coefficient (Wildman–Crippen LogP) is 2.26. The van der Waals surface area contributed by atoms with Gasteiger partial charge in [-0.25, -0.2) is 18.4 Å². The van der Waals surface area contributed by atoms with Gasteiger partial charge in [0, 0.05) is 37.3 Å². The number of hydrogen-bond donors (Lipinski definition) is 3. The Hall–Kier alpha value is -2.68. The minimum Gasteiger partial charge on any atom is -0.480 e. The molecule has 0 unspecified atom stereocenters. The number of ether oxygens (including phenoxy) is 1. The smallest absolute Gasteiger partial charge is 0.329 e. The Morgan fingerprint density at radius 2 is 2.04 bits per heavy atom. The summed E-state index contributed by atoms with van der Waals surface area (Å²) in [5.41, 5.74) is 1.06. The number of aliphatic carboxylic acids is 1. The Morgan fingerprint density at radius 1 is 1.30 bits per heavy atom. The van der Waals surface area contributed by atoms with Crippen molar-refractivity contribution in [1.82, 2.24) is 15.2 Å². The summed E-state index contributed by atoms with van der Waals surface area (Å²) in [4.78, 5) is 27.2. The molecule has 2 heterocycles. The van der Waals surface area contributed by atoms with Crippen LogP contribution in [0.25, 0.3) is 10.9 Å². The fraction of sp³-hybridized carbons (Fsp3) is 0.444. The number of urea groups is 1. The van der Waals surface area contributed by atoms with Crippen molar-refractivity contribution < 1.29 is 28.2 Å². The molecule has 0 aliphatic carbocycles. The first-order valence-corrected chi connectivity index (χ1v) is 8.75. The lowest BCUT2D eigenvalue weighted by atomic mass is 10.1. The molecule has 0 saturated carbocycles. The van der Waals surface area contributed by atoms with E-state index >= 15 is 0 Å². The van der Waals surface area contributed by atoms with Gasteiger partial charge in [0.05, 0.1) is 11.6 Å². The number of hydrogen-bond acceptors (Lipinski definition) is 3. The lowest BCUT2D eigenvalue weighted by molar-refractivity contribution is -0.145. The first-order valence-electron chi connectivity index (χ1n) is 8.75. The van der Waals surface area contributed by atoms with Crippen molar-refractivity contribution in [2.75, 3.05) is 26.2 Å². The Balaban J connectivity index is 1.46. The van der Waals surface area contributed by atoms with E-state index in [0.29, 0.717) is 55.4 Å². The Labute approximate surface area is 154 Å². The van der Waals surface area contributed by atoms with Gasteiger partial charge in [0.2, 0.25) is 0 Å². The molecule has 1 saturated heterocycles. The van der Waals surface area contributed by atoms with Crippen molar-refractivity contribution >= 4 is 22.9 Å². The maximum Gasteiger partial charge on any atom is 0.329 e. The summed E-state index contributed by atoms with van der Waals surface area (Å²) in [6.07, 6.45) is 3.04. The van der Waals surface area contributed by atoms with Crippen LogP contribution in [-0.4, -0.2) is 59.3 Å². The standard InChI is InChI=1S/C18H21F2N3O4/c19-12-7-14(20)17-11(9-22-15(17)8-12)1-4-21-18(26)23-5-2-13(3-6-23)27-10-16(24)25/h7-9,13,22H,1-6,10H2,(H,21,26)(H,24,25). The molecule has 9 heteroatoms. The third kappa shape index (κ3) is 4.73. The molecule has 7 nitrogen and oxygen atoms in total. The molecule has 1 aromatic carbocycles. The molecule has 2 amide bonds. The van der Waals surface area contributed by atoms with E-state index in [1.807, 2.05) is 0 Å². The van der Waals surface area contributed by atoms with Gasteiger partial charge in [-0.05, 0) is 30.9 Å². The van der Waals surface area contributed by atoms with Gasteiger partial charge in [-0.1, -0.05) is 0 Å². The minimum absolute atomic E-state index is 0.153. The lowest BCUT2D eigenvalue weighted by Crippen LogP contribution is -2.46. The van der Waals surface area contributed by atoms with E-state index in [0.717, 1.165) is 6.07 Å². The molecule has 1 aliphatic rings. The number of halogens is 2. The maximum absolute atomic E-state index is 14.0. The van der Waals surface area contributed by atoms with Gasteiger partial charge < -0.3 is 25.0 Å². The van der Waals surface area contributed by atoms with E-state index in [4.69, 9.17) is 9.84 Å². The van der Waals surface area contributed by atoms with Gasteiger partial charge in [-0.15, -0.1) is 0 Å². The second kappa shape index (κ2) is 8.34. The summed E-state index contributed by atoms with van der Waals surface area (Å²) in [7, 11) is 0. The van der Waals surface area contributed by atoms with Crippen LogP contribution in [-0.2, 0) is 16.0 Å². The van der Waals surface area contributed by atoms with Gasteiger partial charge >= 0.3 is 12.0 Å². The highest BCUT2D eigenvalue weighted by molar-refractivity contribution is 5.84. The molecule has 146 valence electrons. The minimum atomic E-state index is -1.01. The fourth-order valence-electron chi connectivity index (χ4n) is 3.28. The van der Waals surface area contributed by atoms with Gasteiger partial charge in [-0.2, -0.15) is 0 Å². The van der Waals surface area contributed by atoms with Crippen LogP contribution in [0.1, 0.15) is 18.4 Å². The number of aromatic amines is 1. The van der Waals surface area contributed by atoms with E-state index < -0.39 is 17.6 Å². The summed E-state index contributed by atoms with van der Waals surface area (Å²) < 4.78 is 32.4. The number of benzene rings is 1. The number of nitrogens with zero attached hydrogens (tertiary/aromatic N) is 1. The molecule has 0 radical (unpaired) electrons. The molecule has 3 rings (SSSR count). The molecule has 1 aliphatic heterocycles. The number of nitrogens with one attached hydrogen (secondary N) is 2. The van der Waals surface area contributed by atoms with E-state index in [9.17, 15) is 18.4 Å². The zero-order valence-electron chi connectivity index (χ0n) is 14.6. The molecule has 1 aromatic heterocycles. The van der Waals surface area contributed by atoms with Crippen LogP contribution in [0.5, 0.6) is 0 Å². The molecule has 1 fully saturated rings. The molecule has 3 N–H and O–H groups in total. The van der Waals surface area contributed by atoms with E-state index in [1.165, 1.54) is 6.07 Å². The number of piperidine rings is 1. The molecular formula is C18H21F2N3O4. The number of likely N-dealkylation sites (tertiary alicyclic amines) is 1. The van der Waals surface area contributed by atoms with E-state index in [1.54, 1.807) is 11.1 Å². The number of carboxylic acids is 1. The number of carbonyl (C=O) groups is 2.